The van der Waals surface area contributed by atoms with Crippen LogP contribution in [0, 0.1) is 0 Å². The molecule has 1 amide bonds. The highest BCUT2D eigenvalue weighted by molar-refractivity contribution is 7.80. The molecule has 102 valence electrons. The molecule has 5 heteroatoms. The third-order valence-corrected chi connectivity index (χ3v) is 3.43. The molecule has 0 unspecified atom stereocenters. The first-order valence-electron chi connectivity index (χ1n) is 6.41. The predicted octanol–water partition coefficient (Wildman–Crippen LogP) is 1.16. The van der Waals surface area contributed by atoms with E-state index in [-0.39, 0.29) is 11.9 Å². The van der Waals surface area contributed by atoms with Gasteiger partial charge in [0.2, 0.25) is 5.91 Å². The number of hydrogen-bond acceptors (Lipinski definition) is 3. The fraction of sp³-hybridized carbons (Fsp3) is 0.429. The van der Waals surface area contributed by atoms with E-state index in [2.05, 4.69) is 5.32 Å². The molecule has 0 aliphatic carbocycles. The van der Waals surface area contributed by atoms with Crippen molar-refractivity contribution in [1.29, 1.82) is 0 Å². The van der Waals surface area contributed by atoms with E-state index in [4.69, 9.17) is 22.7 Å². The van der Waals surface area contributed by atoms with Gasteiger partial charge in [-0.25, -0.2) is 0 Å². The summed E-state index contributed by atoms with van der Waals surface area (Å²) >= 11 is 4.89. The maximum atomic E-state index is 11.9. The minimum absolute atomic E-state index is 0.0509. The number of amides is 1. The Kier molecular flexibility index (Phi) is 4.87. The van der Waals surface area contributed by atoms with E-state index in [0.717, 1.165) is 37.2 Å². The van der Waals surface area contributed by atoms with E-state index in [9.17, 15) is 4.79 Å². The molecule has 1 aliphatic rings. The molecule has 1 fully saturated rings. The molecule has 0 saturated carbocycles. The Bertz CT molecular complexity index is 453. The summed E-state index contributed by atoms with van der Waals surface area (Å²) in [6.45, 7) is 1.46. The first-order chi connectivity index (χ1) is 9.15. The van der Waals surface area contributed by atoms with E-state index in [0.29, 0.717) is 11.4 Å². The number of nitrogens with one attached hydrogen (secondary N) is 1. The van der Waals surface area contributed by atoms with Gasteiger partial charge in [0.25, 0.3) is 0 Å². The van der Waals surface area contributed by atoms with Gasteiger partial charge in [0.15, 0.2) is 0 Å². The van der Waals surface area contributed by atoms with E-state index < -0.39 is 0 Å². The zero-order valence-corrected chi connectivity index (χ0v) is 11.5. The minimum atomic E-state index is 0.0509. The highest BCUT2D eigenvalue weighted by Gasteiger charge is 2.16. The standard InChI is InChI=1S/C14H18N2O2S/c15-14(19)11-3-1-10(2-4-11)9-13(17)16-12-5-7-18-8-6-12/h1-4,12H,5-9H2,(H2,15,19)(H,16,17). The quantitative estimate of drug-likeness (QED) is 0.811. The molecule has 0 atom stereocenters. The summed E-state index contributed by atoms with van der Waals surface area (Å²) < 4.78 is 5.26. The van der Waals surface area contributed by atoms with Crippen LogP contribution in [0.4, 0.5) is 0 Å². The second-order valence-electron chi connectivity index (χ2n) is 4.69. The summed E-state index contributed by atoms with van der Waals surface area (Å²) in [6, 6.07) is 7.71. The van der Waals surface area contributed by atoms with Crippen LogP contribution in [0.1, 0.15) is 24.0 Å². The van der Waals surface area contributed by atoms with Crippen molar-refractivity contribution in [3.05, 3.63) is 35.4 Å². The van der Waals surface area contributed by atoms with E-state index in [1.54, 1.807) is 0 Å². The van der Waals surface area contributed by atoms with Gasteiger partial charge in [0, 0.05) is 24.8 Å². The molecule has 0 bridgehead atoms. The van der Waals surface area contributed by atoms with Crippen molar-refractivity contribution in [2.45, 2.75) is 25.3 Å². The number of carbonyl (C=O) groups is 1. The number of ether oxygens (including phenoxy) is 1. The fourth-order valence-corrected chi connectivity index (χ4v) is 2.23. The maximum Gasteiger partial charge on any atom is 0.224 e. The summed E-state index contributed by atoms with van der Waals surface area (Å²) in [7, 11) is 0. The molecule has 3 N–H and O–H groups in total. The molecule has 0 spiro atoms. The van der Waals surface area contributed by atoms with Gasteiger partial charge in [-0.15, -0.1) is 0 Å². The third kappa shape index (κ3) is 4.29. The van der Waals surface area contributed by atoms with Gasteiger partial charge in [-0.3, -0.25) is 4.79 Å². The molecular formula is C14H18N2O2S. The zero-order valence-electron chi connectivity index (χ0n) is 10.7. The molecule has 1 aliphatic heterocycles. The summed E-state index contributed by atoms with van der Waals surface area (Å²) in [4.78, 5) is 12.3. The van der Waals surface area contributed by atoms with Crippen molar-refractivity contribution in [3.8, 4) is 0 Å². The summed E-state index contributed by atoms with van der Waals surface area (Å²) in [5.74, 6) is 0.0509. The minimum Gasteiger partial charge on any atom is -0.389 e. The second-order valence-corrected chi connectivity index (χ2v) is 5.13. The highest BCUT2D eigenvalue weighted by Crippen LogP contribution is 2.08. The Morgan fingerprint density at radius 2 is 1.95 bits per heavy atom. The number of rotatable bonds is 4. The van der Waals surface area contributed by atoms with Crippen molar-refractivity contribution in [1.82, 2.24) is 5.32 Å². The van der Waals surface area contributed by atoms with Gasteiger partial charge >= 0.3 is 0 Å². The first-order valence-corrected chi connectivity index (χ1v) is 6.82. The molecular weight excluding hydrogens is 260 g/mol. The average Bonchev–Trinajstić information content (AvgIpc) is 2.40. The summed E-state index contributed by atoms with van der Waals surface area (Å²) in [5, 5.41) is 3.04. The largest absolute Gasteiger partial charge is 0.389 e. The maximum absolute atomic E-state index is 11.9. The fourth-order valence-electron chi connectivity index (χ4n) is 2.09. The molecule has 0 aromatic heterocycles. The molecule has 2 rings (SSSR count). The monoisotopic (exact) mass is 278 g/mol. The van der Waals surface area contributed by atoms with Gasteiger partial charge in [-0.05, 0) is 18.4 Å². The molecule has 1 aromatic rings. The van der Waals surface area contributed by atoms with Crippen LogP contribution in [0.3, 0.4) is 0 Å². The highest BCUT2D eigenvalue weighted by atomic mass is 32.1. The molecule has 1 heterocycles. The number of thiocarbonyl (C=S) groups is 1. The van der Waals surface area contributed by atoms with Crippen LogP contribution in [0.5, 0.6) is 0 Å². The number of hydrogen-bond donors (Lipinski definition) is 2. The van der Waals surface area contributed by atoms with Crippen LogP contribution in [0.15, 0.2) is 24.3 Å². The van der Waals surface area contributed by atoms with Gasteiger partial charge in [0.1, 0.15) is 4.99 Å². The van der Waals surface area contributed by atoms with Crippen LogP contribution in [-0.2, 0) is 16.0 Å². The average molecular weight is 278 g/mol. The van der Waals surface area contributed by atoms with Crippen LogP contribution in [0.2, 0.25) is 0 Å². The lowest BCUT2D eigenvalue weighted by atomic mass is 10.1. The van der Waals surface area contributed by atoms with E-state index in [1.165, 1.54) is 0 Å². The lowest BCUT2D eigenvalue weighted by Crippen LogP contribution is -2.39. The van der Waals surface area contributed by atoms with Crippen molar-refractivity contribution in [2.75, 3.05) is 13.2 Å². The van der Waals surface area contributed by atoms with E-state index >= 15 is 0 Å². The van der Waals surface area contributed by atoms with Crippen molar-refractivity contribution < 1.29 is 9.53 Å². The number of carbonyl (C=O) groups excluding carboxylic acids is 1. The Hall–Kier alpha value is -1.46. The van der Waals surface area contributed by atoms with Crippen LogP contribution in [-0.4, -0.2) is 30.2 Å². The van der Waals surface area contributed by atoms with Crippen molar-refractivity contribution in [3.63, 3.8) is 0 Å². The molecule has 19 heavy (non-hydrogen) atoms. The topological polar surface area (TPSA) is 64.4 Å². The third-order valence-electron chi connectivity index (χ3n) is 3.19. The second kappa shape index (κ2) is 6.63. The normalized spacial score (nSPS) is 16.0. The summed E-state index contributed by atoms with van der Waals surface area (Å²) in [6.07, 6.45) is 2.17. The molecule has 1 aromatic carbocycles. The zero-order chi connectivity index (χ0) is 13.7. The van der Waals surface area contributed by atoms with Gasteiger partial charge in [0.05, 0.1) is 6.42 Å². The van der Waals surface area contributed by atoms with Gasteiger partial charge in [-0.2, -0.15) is 0 Å². The van der Waals surface area contributed by atoms with Crippen LogP contribution < -0.4 is 11.1 Å². The van der Waals surface area contributed by atoms with Gasteiger partial charge < -0.3 is 15.8 Å². The number of nitrogens with two attached hydrogens (primary N) is 1. The number of benzene rings is 1. The Morgan fingerprint density at radius 1 is 1.32 bits per heavy atom. The SMILES string of the molecule is NC(=S)c1ccc(CC(=O)NC2CCOCC2)cc1. The summed E-state index contributed by atoms with van der Waals surface area (Å²) in [5.41, 5.74) is 7.31. The Labute approximate surface area is 118 Å². The lowest BCUT2D eigenvalue weighted by molar-refractivity contribution is -0.121. The van der Waals surface area contributed by atoms with E-state index in [1.807, 2.05) is 24.3 Å². The van der Waals surface area contributed by atoms with Crippen LogP contribution >= 0.6 is 12.2 Å². The van der Waals surface area contributed by atoms with Crippen molar-refractivity contribution in [2.24, 2.45) is 5.73 Å². The smallest absolute Gasteiger partial charge is 0.224 e. The lowest BCUT2D eigenvalue weighted by Gasteiger charge is -2.23. The molecule has 4 nitrogen and oxygen atoms in total. The molecule has 0 radical (unpaired) electrons. The Balaban J connectivity index is 1.85. The predicted molar refractivity (Wildman–Crippen MR) is 78.0 cm³/mol. The van der Waals surface area contributed by atoms with Crippen molar-refractivity contribution >= 4 is 23.1 Å². The Morgan fingerprint density at radius 3 is 2.53 bits per heavy atom. The van der Waals surface area contributed by atoms with Gasteiger partial charge in [-0.1, -0.05) is 36.5 Å². The van der Waals surface area contributed by atoms with Crippen LogP contribution in [0.25, 0.3) is 0 Å². The first kappa shape index (κ1) is 14.0. The molecule has 1 saturated heterocycles.